The van der Waals surface area contributed by atoms with Crippen LogP contribution in [-0.4, -0.2) is 25.5 Å². The van der Waals surface area contributed by atoms with Crippen LogP contribution in [0.4, 0.5) is 5.69 Å². The van der Waals surface area contributed by atoms with Gasteiger partial charge in [0.15, 0.2) is 5.76 Å². The number of nitrogens with zero attached hydrogens (tertiary/aromatic N) is 4. The molecule has 7 heteroatoms. The average Bonchev–Trinajstić information content (AvgIpc) is 3.38. The number of anilines is 1. The number of rotatable bonds is 5. The number of hydrogen-bond acceptors (Lipinski definition) is 4. The maximum Gasteiger partial charge on any atom is 0.291 e. The third-order valence-corrected chi connectivity index (χ3v) is 3.64. The number of carbonyl (C=O) groups excluding carboxylic acids is 1. The minimum absolute atomic E-state index is 0.256. The molecule has 124 valence electrons. The third-order valence-electron chi connectivity index (χ3n) is 3.64. The SMILES string of the molecule is O=C(Nc1cccc(-n2cccn2)c1)c1ccc(Cn2cccn2)o1. The van der Waals surface area contributed by atoms with E-state index in [1.54, 1.807) is 33.9 Å². The summed E-state index contributed by atoms with van der Waals surface area (Å²) in [6.45, 7) is 0.481. The lowest BCUT2D eigenvalue weighted by Gasteiger charge is -2.06. The molecular weight excluding hydrogens is 318 g/mol. The lowest BCUT2D eigenvalue weighted by atomic mass is 10.2. The number of aromatic nitrogens is 4. The van der Waals surface area contributed by atoms with Crippen molar-refractivity contribution in [2.45, 2.75) is 6.54 Å². The zero-order valence-electron chi connectivity index (χ0n) is 13.2. The molecule has 7 nitrogen and oxygen atoms in total. The molecule has 0 aliphatic carbocycles. The fourth-order valence-electron chi connectivity index (χ4n) is 2.48. The van der Waals surface area contributed by atoms with Crippen molar-refractivity contribution in [1.29, 1.82) is 0 Å². The Morgan fingerprint density at radius 2 is 1.92 bits per heavy atom. The van der Waals surface area contributed by atoms with Crippen LogP contribution in [0.5, 0.6) is 0 Å². The first kappa shape index (κ1) is 14.9. The molecule has 4 aromatic rings. The summed E-state index contributed by atoms with van der Waals surface area (Å²) >= 11 is 0. The molecule has 0 saturated carbocycles. The van der Waals surface area contributed by atoms with Gasteiger partial charge in [0.2, 0.25) is 0 Å². The molecule has 0 fully saturated rings. The van der Waals surface area contributed by atoms with Crippen molar-refractivity contribution < 1.29 is 9.21 Å². The van der Waals surface area contributed by atoms with E-state index in [1.807, 2.05) is 48.8 Å². The quantitative estimate of drug-likeness (QED) is 0.609. The van der Waals surface area contributed by atoms with Gasteiger partial charge in [-0.3, -0.25) is 9.48 Å². The number of nitrogens with one attached hydrogen (secondary N) is 1. The van der Waals surface area contributed by atoms with Crippen molar-refractivity contribution in [2.24, 2.45) is 0 Å². The van der Waals surface area contributed by atoms with Crippen molar-refractivity contribution in [2.75, 3.05) is 5.32 Å². The molecule has 0 radical (unpaired) electrons. The van der Waals surface area contributed by atoms with Crippen LogP contribution in [0.2, 0.25) is 0 Å². The Bertz CT molecular complexity index is 971. The molecule has 1 N–H and O–H groups in total. The van der Waals surface area contributed by atoms with Crippen LogP contribution in [0, 0.1) is 0 Å². The van der Waals surface area contributed by atoms with Gasteiger partial charge in [0.1, 0.15) is 5.76 Å². The van der Waals surface area contributed by atoms with E-state index in [2.05, 4.69) is 15.5 Å². The summed E-state index contributed by atoms with van der Waals surface area (Å²) in [5.74, 6) is 0.620. The number of hydrogen-bond donors (Lipinski definition) is 1. The van der Waals surface area contributed by atoms with Gasteiger partial charge in [-0.15, -0.1) is 0 Å². The first-order valence-corrected chi connectivity index (χ1v) is 7.75. The summed E-state index contributed by atoms with van der Waals surface area (Å²) in [4.78, 5) is 12.4. The first-order valence-electron chi connectivity index (χ1n) is 7.75. The second-order valence-electron chi connectivity index (χ2n) is 5.42. The van der Waals surface area contributed by atoms with E-state index in [9.17, 15) is 4.79 Å². The maximum absolute atomic E-state index is 12.4. The average molecular weight is 333 g/mol. The molecule has 1 amide bonds. The van der Waals surface area contributed by atoms with Crippen LogP contribution in [0.1, 0.15) is 16.3 Å². The molecule has 0 spiro atoms. The molecule has 0 atom stereocenters. The summed E-state index contributed by atoms with van der Waals surface area (Å²) < 4.78 is 9.06. The van der Waals surface area contributed by atoms with Crippen LogP contribution in [0.25, 0.3) is 5.69 Å². The van der Waals surface area contributed by atoms with E-state index in [4.69, 9.17) is 4.42 Å². The van der Waals surface area contributed by atoms with Gasteiger partial charge in [-0.25, -0.2) is 4.68 Å². The Kier molecular flexibility index (Phi) is 3.88. The van der Waals surface area contributed by atoms with Crippen LogP contribution in [0.3, 0.4) is 0 Å². The Morgan fingerprint density at radius 1 is 1.04 bits per heavy atom. The van der Waals surface area contributed by atoms with Crippen molar-refractivity contribution in [1.82, 2.24) is 19.6 Å². The molecule has 3 aromatic heterocycles. The Labute approximate surface area is 143 Å². The summed E-state index contributed by atoms with van der Waals surface area (Å²) in [5, 5.41) is 11.1. The molecule has 3 heterocycles. The fourth-order valence-corrected chi connectivity index (χ4v) is 2.48. The molecule has 0 unspecified atom stereocenters. The first-order chi connectivity index (χ1) is 12.3. The molecule has 0 aliphatic heterocycles. The maximum atomic E-state index is 12.4. The normalized spacial score (nSPS) is 10.7. The van der Waals surface area contributed by atoms with Crippen LogP contribution >= 0.6 is 0 Å². The summed E-state index contributed by atoms with van der Waals surface area (Å²) in [7, 11) is 0. The van der Waals surface area contributed by atoms with E-state index in [-0.39, 0.29) is 11.7 Å². The molecule has 25 heavy (non-hydrogen) atoms. The highest BCUT2D eigenvalue weighted by atomic mass is 16.4. The molecule has 1 aromatic carbocycles. The van der Waals surface area contributed by atoms with Crippen molar-refractivity contribution in [3.63, 3.8) is 0 Å². The van der Waals surface area contributed by atoms with E-state index >= 15 is 0 Å². The van der Waals surface area contributed by atoms with Gasteiger partial charge in [-0.1, -0.05) is 6.07 Å². The number of benzene rings is 1. The van der Waals surface area contributed by atoms with Crippen LogP contribution < -0.4 is 5.32 Å². The molecule has 4 rings (SSSR count). The highest BCUT2D eigenvalue weighted by molar-refractivity contribution is 6.02. The van der Waals surface area contributed by atoms with Gasteiger partial charge >= 0.3 is 0 Å². The number of carbonyl (C=O) groups is 1. The van der Waals surface area contributed by atoms with E-state index in [0.717, 1.165) is 5.69 Å². The van der Waals surface area contributed by atoms with E-state index in [0.29, 0.717) is 18.0 Å². The minimum atomic E-state index is -0.302. The molecule has 0 bridgehead atoms. The van der Waals surface area contributed by atoms with E-state index < -0.39 is 0 Å². The van der Waals surface area contributed by atoms with Crippen LogP contribution in [0.15, 0.2) is 77.7 Å². The zero-order chi connectivity index (χ0) is 17.1. The Hall–Kier alpha value is -3.61. The zero-order valence-corrected chi connectivity index (χ0v) is 13.2. The van der Waals surface area contributed by atoms with Crippen molar-refractivity contribution in [3.05, 3.63) is 84.8 Å². The standard InChI is InChI=1S/C18H15N5O2/c24-18(17-7-6-16(25-17)13-22-10-2-8-19-22)21-14-4-1-5-15(12-14)23-11-3-9-20-23/h1-12H,13H2,(H,21,24). The van der Waals surface area contributed by atoms with Gasteiger partial charge in [0.05, 0.1) is 12.2 Å². The lowest BCUT2D eigenvalue weighted by Crippen LogP contribution is -2.11. The smallest absolute Gasteiger partial charge is 0.291 e. The second-order valence-corrected chi connectivity index (χ2v) is 5.42. The number of amides is 1. The Morgan fingerprint density at radius 3 is 2.72 bits per heavy atom. The van der Waals surface area contributed by atoms with Gasteiger partial charge < -0.3 is 9.73 Å². The minimum Gasteiger partial charge on any atom is -0.454 e. The van der Waals surface area contributed by atoms with Crippen molar-refractivity contribution in [3.8, 4) is 5.69 Å². The summed E-state index contributed by atoms with van der Waals surface area (Å²) in [6.07, 6.45) is 7.08. The monoisotopic (exact) mass is 333 g/mol. The lowest BCUT2D eigenvalue weighted by molar-refractivity contribution is 0.0994. The van der Waals surface area contributed by atoms with Gasteiger partial charge in [-0.2, -0.15) is 10.2 Å². The summed E-state index contributed by atoms with van der Waals surface area (Å²) in [5.41, 5.74) is 1.53. The predicted octanol–water partition coefficient (Wildman–Crippen LogP) is 2.96. The van der Waals surface area contributed by atoms with Crippen molar-refractivity contribution >= 4 is 11.6 Å². The van der Waals surface area contributed by atoms with E-state index in [1.165, 1.54) is 0 Å². The highest BCUT2D eigenvalue weighted by Crippen LogP contribution is 2.16. The molecular formula is C18H15N5O2. The topological polar surface area (TPSA) is 77.9 Å². The fraction of sp³-hybridized carbons (Fsp3) is 0.0556. The molecule has 0 saturated heterocycles. The summed E-state index contributed by atoms with van der Waals surface area (Å²) in [6, 6.07) is 14.5. The third kappa shape index (κ3) is 3.35. The van der Waals surface area contributed by atoms with Gasteiger partial charge in [0.25, 0.3) is 5.91 Å². The van der Waals surface area contributed by atoms with Gasteiger partial charge in [-0.05, 0) is 42.5 Å². The van der Waals surface area contributed by atoms with Gasteiger partial charge in [0, 0.05) is 30.5 Å². The second kappa shape index (κ2) is 6.48. The number of furan rings is 1. The van der Waals surface area contributed by atoms with Crippen LogP contribution in [-0.2, 0) is 6.54 Å². The Balaban J connectivity index is 1.47. The highest BCUT2D eigenvalue weighted by Gasteiger charge is 2.12. The predicted molar refractivity (Wildman–Crippen MR) is 91.6 cm³/mol. The molecule has 0 aliphatic rings. The largest absolute Gasteiger partial charge is 0.454 e.